The number of rotatable bonds is 5. The van der Waals surface area contributed by atoms with E-state index >= 15 is 0 Å². The van der Waals surface area contributed by atoms with E-state index in [0.29, 0.717) is 12.6 Å². The molecule has 1 heterocycles. The molecule has 0 radical (unpaired) electrons. The second-order valence-electron chi connectivity index (χ2n) is 6.04. The van der Waals surface area contributed by atoms with E-state index in [2.05, 4.69) is 10.3 Å². The number of nitrogens with zero attached hydrogens (tertiary/aromatic N) is 2. The molecular formula is C13H23N3O2S. The molecule has 0 unspecified atom stereocenters. The maximum absolute atomic E-state index is 11.8. The molecule has 1 saturated carbocycles. The van der Waals surface area contributed by atoms with Gasteiger partial charge in [0.25, 0.3) is 0 Å². The molecular weight excluding hydrogens is 262 g/mol. The van der Waals surface area contributed by atoms with Gasteiger partial charge in [-0.3, -0.25) is 0 Å². The minimum atomic E-state index is -3.10. The third-order valence-corrected chi connectivity index (χ3v) is 6.10. The Balaban J connectivity index is 2.11. The number of nitrogens with one attached hydrogen (secondary N) is 1. The standard InChI is InChI=1S/C13H23N3O2S/c1-13(2,19(3,17)18)10-16-9-8-14-12(16)15-11-6-4-5-7-11/h8-9,11H,4-7,10H2,1-3H3,(H,14,15). The fourth-order valence-corrected chi connectivity index (χ4v) is 2.73. The van der Waals surface area contributed by atoms with Crippen molar-refractivity contribution in [3.05, 3.63) is 12.4 Å². The Morgan fingerprint density at radius 1 is 1.42 bits per heavy atom. The molecule has 19 heavy (non-hydrogen) atoms. The summed E-state index contributed by atoms with van der Waals surface area (Å²) in [5.41, 5.74) is 0. The van der Waals surface area contributed by atoms with E-state index in [9.17, 15) is 8.42 Å². The average molecular weight is 285 g/mol. The number of hydrogen-bond donors (Lipinski definition) is 1. The van der Waals surface area contributed by atoms with Crippen LogP contribution in [0.15, 0.2) is 12.4 Å². The summed E-state index contributed by atoms with van der Waals surface area (Å²) in [6.45, 7) is 3.92. The van der Waals surface area contributed by atoms with E-state index in [-0.39, 0.29) is 0 Å². The van der Waals surface area contributed by atoms with Crippen molar-refractivity contribution in [3.63, 3.8) is 0 Å². The maximum atomic E-state index is 11.8. The first-order valence-corrected chi connectivity index (χ1v) is 8.66. The zero-order valence-electron chi connectivity index (χ0n) is 11.9. The monoisotopic (exact) mass is 285 g/mol. The molecule has 1 aromatic rings. The molecule has 0 spiro atoms. The lowest BCUT2D eigenvalue weighted by Gasteiger charge is -2.24. The lowest BCUT2D eigenvalue weighted by atomic mass is 10.2. The Morgan fingerprint density at radius 2 is 2.05 bits per heavy atom. The molecule has 1 N–H and O–H groups in total. The summed E-state index contributed by atoms with van der Waals surface area (Å²) < 4.78 is 24.7. The molecule has 1 aliphatic rings. The Morgan fingerprint density at radius 3 is 2.63 bits per heavy atom. The molecule has 5 nitrogen and oxygen atoms in total. The van der Waals surface area contributed by atoms with Crippen LogP contribution in [0.5, 0.6) is 0 Å². The van der Waals surface area contributed by atoms with Crippen LogP contribution in [-0.4, -0.2) is 35.0 Å². The molecule has 0 atom stereocenters. The van der Waals surface area contributed by atoms with Crippen molar-refractivity contribution in [2.75, 3.05) is 11.6 Å². The van der Waals surface area contributed by atoms with Crippen LogP contribution in [0.25, 0.3) is 0 Å². The van der Waals surface area contributed by atoms with Crippen molar-refractivity contribution in [2.45, 2.75) is 56.9 Å². The van der Waals surface area contributed by atoms with Crippen LogP contribution in [0.1, 0.15) is 39.5 Å². The summed E-state index contributed by atoms with van der Waals surface area (Å²) in [7, 11) is -3.10. The molecule has 1 fully saturated rings. The summed E-state index contributed by atoms with van der Waals surface area (Å²) in [5, 5.41) is 3.42. The van der Waals surface area contributed by atoms with Gasteiger partial charge in [-0.05, 0) is 26.7 Å². The van der Waals surface area contributed by atoms with Crippen molar-refractivity contribution in [2.24, 2.45) is 0 Å². The van der Waals surface area contributed by atoms with Crippen molar-refractivity contribution in [1.29, 1.82) is 0 Å². The van der Waals surface area contributed by atoms with Gasteiger partial charge in [0.2, 0.25) is 5.95 Å². The third kappa shape index (κ3) is 3.29. The predicted octanol–water partition coefficient (Wildman–Crippen LogP) is 2.06. The number of aromatic nitrogens is 2. The molecule has 1 aliphatic carbocycles. The van der Waals surface area contributed by atoms with E-state index in [1.54, 1.807) is 20.0 Å². The molecule has 6 heteroatoms. The minimum absolute atomic E-state index is 0.418. The molecule has 0 amide bonds. The van der Waals surface area contributed by atoms with Gasteiger partial charge in [0.15, 0.2) is 9.84 Å². The van der Waals surface area contributed by atoms with Crippen molar-refractivity contribution in [3.8, 4) is 0 Å². The Labute approximate surface area is 115 Å². The van der Waals surface area contributed by atoms with Gasteiger partial charge in [0.1, 0.15) is 0 Å². The van der Waals surface area contributed by atoms with E-state index < -0.39 is 14.6 Å². The highest BCUT2D eigenvalue weighted by Crippen LogP contribution is 2.24. The Kier molecular flexibility index (Phi) is 3.90. The molecule has 108 valence electrons. The smallest absolute Gasteiger partial charge is 0.203 e. The lowest BCUT2D eigenvalue weighted by Crippen LogP contribution is -2.36. The average Bonchev–Trinajstić information content (AvgIpc) is 2.90. The van der Waals surface area contributed by atoms with Crippen LogP contribution in [0.3, 0.4) is 0 Å². The summed E-state index contributed by atoms with van der Waals surface area (Å²) in [6.07, 6.45) is 9.69. The molecule has 0 saturated heterocycles. The maximum Gasteiger partial charge on any atom is 0.203 e. The quantitative estimate of drug-likeness (QED) is 0.899. The van der Waals surface area contributed by atoms with Crippen LogP contribution in [0.4, 0.5) is 5.95 Å². The van der Waals surface area contributed by atoms with Crippen LogP contribution >= 0.6 is 0 Å². The first-order valence-electron chi connectivity index (χ1n) is 6.77. The van der Waals surface area contributed by atoms with E-state index in [1.165, 1.54) is 31.9 Å². The third-order valence-electron chi connectivity index (χ3n) is 3.96. The summed E-state index contributed by atoms with van der Waals surface area (Å²) in [4.78, 5) is 4.30. The first kappa shape index (κ1) is 14.4. The van der Waals surface area contributed by atoms with Crippen LogP contribution in [0, 0.1) is 0 Å². The molecule has 0 bridgehead atoms. The van der Waals surface area contributed by atoms with Crippen LogP contribution in [0.2, 0.25) is 0 Å². The fraction of sp³-hybridized carbons (Fsp3) is 0.769. The zero-order chi connectivity index (χ0) is 14.1. The Bertz CT molecular complexity index is 528. The molecule has 0 aromatic carbocycles. The highest BCUT2D eigenvalue weighted by Gasteiger charge is 2.31. The van der Waals surface area contributed by atoms with E-state index in [1.807, 2.05) is 10.8 Å². The molecule has 1 aromatic heterocycles. The summed E-state index contributed by atoms with van der Waals surface area (Å²) in [6, 6.07) is 0.475. The van der Waals surface area contributed by atoms with Crippen molar-refractivity contribution in [1.82, 2.24) is 9.55 Å². The van der Waals surface area contributed by atoms with Gasteiger partial charge in [0.05, 0.1) is 4.75 Å². The largest absolute Gasteiger partial charge is 0.353 e. The van der Waals surface area contributed by atoms with Crippen LogP contribution < -0.4 is 5.32 Å². The van der Waals surface area contributed by atoms with Gasteiger partial charge >= 0.3 is 0 Å². The Hall–Kier alpha value is -1.04. The normalized spacial score (nSPS) is 17.8. The zero-order valence-corrected chi connectivity index (χ0v) is 12.7. The highest BCUT2D eigenvalue weighted by molar-refractivity contribution is 7.92. The highest BCUT2D eigenvalue weighted by atomic mass is 32.2. The summed E-state index contributed by atoms with van der Waals surface area (Å²) in [5.74, 6) is 0.781. The van der Waals surface area contributed by atoms with Gasteiger partial charge in [-0.15, -0.1) is 0 Å². The fourth-order valence-electron chi connectivity index (χ4n) is 2.36. The number of hydrogen-bond acceptors (Lipinski definition) is 4. The summed E-state index contributed by atoms with van der Waals surface area (Å²) >= 11 is 0. The minimum Gasteiger partial charge on any atom is -0.353 e. The van der Waals surface area contributed by atoms with Crippen molar-refractivity contribution < 1.29 is 8.42 Å². The second kappa shape index (κ2) is 5.15. The van der Waals surface area contributed by atoms with Gasteiger partial charge in [-0.25, -0.2) is 13.4 Å². The SMILES string of the molecule is CC(C)(Cn1ccnc1NC1CCCC1)S(C)(=O)=O. The van der Waals surface area contributed by atoms with Crippen LogP contribution in [-0.2, 0) is 16.4 Å². The van der Waals surface area contributed by atoms with Gasteiger partial charge in [-0.2, -0.15) is 0 Å². The second-order valence-corrected chi connectivity index (χ2v) is 8.69. The number of sulfone groups is 1. The molecule has 2 rings (SSSR count). The van der Waals surface area contributed by atoms with Gasteiger partial charge in [-0.1, -0.05) is 12.8 Å². The topological polar surface area (TPSA) is 64.0 Å². The van der Waals surface area contributed by atoms with Gasteiger partial charge < -0.3 is 9.88 Å². The predicted molar refractivity (Wildman–Crippen MR) is 77.0 cm³/mol. The lowest BCUT2D eigenvalue weighted by molar-refractivity contribution is 0.503. The number of anilines is 1. The van der Waals surface area contributed by atoms with E-state index in [4.69, 9.17) is 0 Å². The first-order chi connectivity index (χ1) is 8.79. The number of imidazole rings is 1. The van der Waals surface area contributed by atoms with Gasteiger partial charge in [0, 0.05) is 31.2 Å². The molecule has 0 aliphatic heterocycles. The van der Waals surface area contributed by atoms with E-state index in [0.717, 1.165) is 5.95 Å². The van der Waals surface area contributed by atoms with Crippen molar-refractivity contribution >= 4 is 15.8 Å².